The molecule has 2 aromatic rings. The molecule has 1 aromatic carbocycles. The molecule has 124 valence electrons. The predicted molar refractivity (Wildman–Crippen MR) is 84.2 cm³/mol. The molecule has 3 rings (SSSR count). The quantitative estimate of drug-likeness (QED) is 0.874. The Balaban J connectivity index is 1.92. The zero-order chi connectivity index (χ0) is 16.7. The molecule has 1 atom stereocenters. The number of nitrogens with zero attached hydrogens (tertiary/aromatic N) is 3. The van der Waals surface area contributed by atoms with E-state index in [9.17, 15) is 13.5 Å². The molecule has 8 heteroatoms. The third-order valence-corrected chi connectivity index (χ3v) is 6.28. The number of hydrogen-bond acceptors (Lipinski definition) is 5. The molecule has 0 bridgehead atoms. The highest BCUT2D eigenvalue weighted by Gasteiger charge is 2.41. The third-order valence-electron chi connectivity index (χ3n) is 4.44. The summed E-state index contributed by atoms with van der Waals surface area (Å²) in [6, 6.07) is 5.09. The minimum atomic E-state index is -3.65. The van der Waals surface area contributed by atoms with Gasteiger partial charge in [-0.05, 0) is 49.9 Å². The van der Waals surface area contributed by atoms with Crippen molar-refractivity contribution in [1.29, 1.82) is 0 Å². The van der Waals surface area contributed by atoms with Crippen molar-refractivity contribution in [3.05, 3.63) is 41.2 Å². The number of hydrogen-bond donors (Lipinski definition) is 2. The Bertz CT molecular complexity index is 804. The van der Waals surface area contributed by atoms with E-state index < -0.39 is 15.6 Å². The van der Waals surface area contributed by atoms with Gasteiger partial charge in [0.05, 0.1) is 11.1 Å². The summed E-state index contributed by atoms with van der Waals surface area (Å²) in [6.07, 6.45) is 2.46. The fraction of sp³-hybridized carbons (Fsp3) is 0.467. The van der Waals surface area contributed by atoms with Gasteiger partial charge in [0.1, 0.15) is 11.3 Å². The molecule has 2 heterocycles. The summed E-state index contributed by atoms with van der Waals surface area (Å²) in [4.78, 5) is 0.255. The monoisotopic (exact) mass is 336 g/mol. The Kier molecular flexibility index (Phi) is 3.99. The summed E-state index contributed by atoms with van der Waals surface area (Å²) in [6.45, 7) is 4.19. The Hall–Kier alpha value is -1.77. The number of aliphatic hydroxyl groups is 1. The summed E-state index contributed by atoms with van der Waals surface area (Å²) >= 11 is 0. The van der Waals surface area contributed by atoms with E-state index in [1.165, 1.54) is 10.5 Å². The summed E-state index contributed by atoms with van der Waals surface area (Å²) in [5, 5.41) is 20.9. The van der Waals surface area contributed by atoms with Crippen molar-refractivity contribution >= 4 is 10.0 Å². The molecule has 0 amide bonds. The van der Waals surface area contributed by atoms with Crippen molar-refractivity contribution < 1.29 is 13.5 Å². The molecule has 2 N–H and O–H groups in total. The number of aromatic amines is 1. The molecule has 1 fully saturated rings. The lowest BCUT2D eigenvalue weighted by Crippen LogP contribution is -2.48. The van der Waals surface area contributed by atoms with Gasteiger partial charge in [0.2, 0.25) is 10.0 Å². The molecule has 23 heavy (non-hydrogen) atoms. The van der Waals surface area contributed by atoms with Crippen LogP contribution in [0.3, 0.4) is 0 Å². The lowest BCUT2D eigenvalue weighted by atomic mass is 9.91. The van der Waals surface area contributed by atoms with E-state index in [4.69, 9.17) is 0 Å². The maximum atomic E-state index is 12.9. The molecule has 1 saturated heterocycles. The van der Waals surface area contributed by atoms with Crippen LogP contribution in [0, 0.1) is 13.8 Å². The Morgan fingerprint density at radius 1 is 1.30 bits per heavy atom. The standard InChI is InChI=1S/C15H20N4O3S/c1-11-4-5-13(8-12(11)2)23(21,22)19-7-3-6-15(20,10-19)14-9-16-18-17-14/h4-5,8-9,20H,3,6-7,10H2,1-2H3,(H,16,17,18). The Morgan fingerprint density at radius 2 is 2.09 bits per heavy atom. The van der Waals surface area contributed by atoms with Gasteiger partial charge in [-0.15, -0.1) is 0 Å². The molecule has 7 nitrogen and oxygen atoms in total. The van der Waals surface area contributed by atoms with Gasteiger partial charge in [-0.3, -0.25) is 0 Å². The smallest absolute Gasteiger partial charge is 0.243 e. The number of β-amino-alcohol motifs (C(OH)–C–C–N with tert-alkyl or cyclic N) is 1. The van der Waals surface area contributed by atoms with Crippen LogP contribution < -0.4 is 0 Å². The average molecular weight is 336 g/mol. The number of nitrogens with one attached hydrogen (secondary N) is 1. The van der Waals surface area contributed by atoms with E-state index in [1.807, 2.05) is 13.8 Å². The second kappa shape index (κ2) is 5.70. The van der Waals surface area contributed by atoms with Crippen LogP contribution in [-0.4, -0.2) is 46.3 Å². The highest BCUT2D eigenvalue weighted by atomic mass is 32.2. The van der Waals surface area contributed by atoms with Crippen molar-refractivity contribution in [3.8, 4) is 0 Å². The fourth-order valence-corrected chi connectivity index (χ4v) is 4.48. The molecule has 0 aliphatic carbocycles. The number of benzene rings is 1. The van der Waals surface area contributed by atoms with E-state index in [0.29, 0.717) is 25.1 Å². The Labute approximate surface area is 135 Å². The van der Waals surface area contributed by atoms with E-state index in [0.717, 1.165) is 11.1 Å². The molecule has 1 aliphatic heterocycles. The van der Waals surface area contributed by atoms with E-state index >= 15 is 0 Å². The van der Waals surface area contributed by atoms with Gasteiger partial charge in [0.15, 0.2) is 0 Å². The average Bonchev–Trinajstić information content (AvgIpc) is 3.05. The van der Waals surface area contributed by atoms with Crippen LogP contribution in [0.15, 0.2) is 29.3 Å². The fourth-order valence-electron chi connectivity index (χ4n) is 2.86. The number of aryl methyl sites for hydroxylation is 2. The van der Waals surface area contributed by atoms with E-state index in [-0.39, 0.29) is 11.4 Å². The molecular formula is C15H20N4O3S. The van der Waals surface area contributed by atoms with Crippen molar-refractivity contribution in [1.82, 2.24) is 19.7 Å². The molecule has 0 spiro atoms. The highest BCUT2D eigenvalue weighted by molar-refractivity contribution is 7.89. The lowest BCUT2D eigenvalue weighted by Gasteiger charge is -2.37. The maximum absolute atomic E-state index is 12.9. The van der Waals surface area contributed by atoms with Gasteiger partial charge in [-0.1, -0.05) is 6.07 Å². The van der Waals surface area contributed by atoms with Crippen LogP contribution in [-0.2, 0) is 15.6 Å². The van der Waals surface area contributed by atoms with Crippen molar-refractivity contribution in [2.45, 2.75) is 37.2 Å². The van der Waals surface area contributed by atoms with Crippen LogP contribution in [0.5, 0.6) is 0 Å². The van der Waals surface area contributed by atoms with Crippen LogP contribution >= 0.6 is 0 Å². The van der Waals surface area contributed by atoms with Gasteiger partial charge in [0, 0.05) is 13.1 Å². The first kappa shape index (κ1) is 16.1. The van der Waals surface area contributed by atoms with Gasteiger partial charge < -0.3 is 5.11 Å². The topological polar surface area (TPSA) is 99.2 Å². The number of aromatic nitrogens is 3. The van der Waals surface area contributed by atoms with Crippen LogP contribution in [0.25, 0.3) is 0 Å². The summed E-state index contributed by atoms with van der Waals surface area (Å²) < 4.78 is 27.1. The van der Waals surface area contributed by atoms with Crippen LogP contribution in [0.2, 0.25) is 0 Å². The second-order valence-corrected chi connectivity index (χ2v) is 8.01. The predicted octanol–water partition coefficient (Wildman–Crippen LogP) is 1.09. The maximum Gasteiger partial charge on any atom is 0.243 e. The zero-order valence-corrected chi connectivity index (χ0v) is 14.0. The minimum Gasteiger partial charge on any atom is -0.382 e. The number of sulfonamides is 1. The number of piperidine rings is 1. The van der Waals surface area contributed by atoms with Crippen molar-refractivity contribution in [3.63, 3.8) is 0 Å². The normalized spacial score (nSPS) is 23.1. The zero-order valence-electron chi connectivity index (χ0n) is 13.2. The van der Waals surface area contributed by atoms with Gasteiger partial charge >= 0.3 is 0 Å². The van der Waals surface area contributed by atoms with Crippen molar-refractivity contribution in [2.24, 2.45) is 0 Å². The van der Waals surface area contributed by atoms with Gasteiger partial charge in [0.25, 0.3) is 0 Å². The van der Waals surface area contributed by atoms with Crippen molar-refractivity contribution in [2.75, 3.05) is 13.1 Å². The summed E-state index contributed by atoms with van der Waals surface area (Å²) in [5.41, 5.74) is 1.03. The van der Waals surface area contributed by atoms with Crippen LogP contribution in [0.4, 0.5) is 0 Å². The van der Waals surface area contributed by atoms with Gasteiger partial charge in [-0.25, -0.2) is 8.42 Å². The van der Waals surface area contributed by atoms with Gasteiger partial charge in [-0.2, -0.15) is 19.7 Å². The minimum absolute atomic E-state index is 0.0191. The summed E-state index contributed by atoms with van der Waals surface area (Å²) in [5.74, 6) is 0. The third kappa shape index (κ3) is 2.89. The summed E-state index contributed by atoms with van der Waals surface area (Å²) in [7, 11) is -3.65. The Morgan fingerprint density at radius 3 is 2.74 bits per heavy atom. The molecule has 1 unspecified atom stereocenters. The van der Waals surface area contributed by atoms with Crippen LogP contribution in [0.1, 0.15) is 29.7 Å². The number of H-pyrrole nitrogens is 1. The molecule has 0 radical (unpaired) electrons. The molecule has 0 saturated carbocycles. The highest BCUT2D eigenvalue weighted by Crippen LogP contribution is 2.32. The molecular weight excluding hydrogens is 316 g/mol. The van der Waals surface area contributed by atoms with E-state index in [2.05, 4.69) is 15.4 Å². The first-order chi connectivity index (χ1) is 10.8. The lowest BCUT2D eigenvalue weighted by molar-refractivity contribution is -0.0161. The molecule has 1 aromatic heterocycles. The SMILES string of the molecule is Cc1ccc(S(=O)(=O)N2CCCC(O)(c3cn[nH]n3)C2)cc1C. The first-order valence-electron chi connectivity index (χ1n) is 7.49. The van der Waals surface area contributed by atoms with E-state index in [1.54, 1.807) is 18.2 Å². The first-order valence-corrected chi connectivity index (χ1v) is 8.93. The second-order valence-electron chi connectivity index (χ2n) is 6.08. The largest absolute Gasteiger partial charge is 0.382 e. The number of rotatable bonds is 3. The molecule has 1 aliphatic rings.